The zero-order valence-electron chi connectivity index (χ0n) is 16.3. The van der Waals surface area contributed by atoms with E-state index >= 15 is 0 Å². The second kappa shape index (κ2) is 6.70. The van der Waals surface area contributed by atoms with Crippen LogP contribution in [0.25, 0.3) is 32.8 Å². The van der Waals surface area contributed by atoms with E-state index in [2.05, 4.69) is 34.3 Å². The summed E-state index contributed by atoms with van der Waals surface area (Å²) in [5.41, 5.74) is 4.21. The SMILES string of the molecule is COc1ccc2cc(Nc3ncc4ccc5onc(C(C)C)c5c4n3)ccc2n1. The van der Waals surface area contributed by atoms with Crippen molar-refractivity contribution in [3.8, 4) is 5.88 Å². The molecule has 7 nitrogen and oxygen atoms in total. The lowest BCUT2D eigenvalue weighted by Gasteiger charge is -2.08. The molecule has 3 aromatic heterocycles. The van der Waals surface area contributed by atoms with Crippen molar-refractivity contribution >= 4 is 44.4 Å². The van der Waals surface area contributed by atoms with Crippen molar-refractivity contribution in [2.75, 3.05) is 12.4 Å². The zero-order valence-corrected chi connectivity index (χ0v) is 16.3. The molecule has 1 N–H and O–H groups in total. The minimum Gasteiger partial charge on any atom is -0.481 e. The first-order valence-corrected chi connectivity index (χ1v) is 9.39. The van der Waals surface area contributed by atoms with Gasteiger partial charge in [0.1, 0.15) is 0 Å². The molecule has 0 aliphatic heterocycles. The Morgan fingerprint density at radius 2 is 1.86 bits per heavy atom. The van der Waals surface area contributed by atoms with E-state index in [-0.39, 0.29) is 5.92 Å². The third-order valence-corrected chi connectivity index (χ3v) is 4.89. The van der Waals surface area contributed by atoms with E-state index in [0.717, 1.165) is 44.2 Å². The highest BCUT2D eigenvalue weighted by molar-refractivity contribution is 6.04. The number of fused-ring (bicyclic) bond motifs is 4. The smallest absolute Gasteiger partial charge is 0.227 e. The third-order valence-electron chi connectivity index (χ3n) is 4.89. The fourth-order valence-corrected chi connectivity index (χ4v) is 3.43. The fraction of sp³-hybridized carbons (Fsp3) is 0.182. The molecule has 144 valence electrons. The molecule has 0 saturated heterocycles. The summed E-state index contributed by atoms with van der Waals surface area (Å²) in [7, 11) is 1.61. The monoisotopic (exact) mass is 385 g/mol. The molecule has 0 aliphatic rings. The van der Waals surface area contributed by atoms with Crippen molar-refractivity contribution in [3.05, 3.63) is 54.4 Å². The number of methoxy groups -OCH3 is 1. The highest BCUT2D eigenvalue weighted by atomic mass is 16.5. The Hall–Kier alpha value is -3.74. The number of hydrogen-bond donors (Lipinski definition) is 1. The van der Waals surface area contributed by atoms with Crippen LogP contribution in [-0.2, 0) is 0 Å². The Morgan fingerprint density at radius 3 is 2.69 bits per heavy atom. The Kier molecular flexibility index (Phi) is 4.01. The van der Waals surface area contributed by atoms with E-state index in [0.29, 0.717) is 11.8 Å². The van der Waals surface area contributed by atoms with Gasteiger partial charge in [0.2, 0.25) is 11.8 Å². The summed E-state index contributed by atoms with van der Waals surface area (Å²) in [6.45, 7) is 4.18. The van der Waals surface area contributed by atoms with Gasteiger partial charge in [-0.25, -0.2) is 15.0 Å². The van der Waals surface area contributed by atoms with Crippen LogP contribution in [0.3, 0.4) is 0 Å². The van der Waals surface area contributed by atoms with Gasteiger partial charge in [-0.15, -0.1) is 0 Å². The van der Waals surface area contributed by atoms with Gasteiger partial charge < -0.3 is 14.6 Å². The summed E-state index contributed by atoms with van der Waals surface area (Å²) in [4.78, 5) is 13.7. The molecule has 5 aromatic rings. The van der Waals surface area contributed by atoms with Crippen LogP contribution in [0.15, 0.2) is 53.2 Å². The number of hydrogen-bond acceptors (Lipinski definition) is 7. The summed E-state index contributed by atoms with van der Waals surface area (Å²) in [5, 5.41) is 10.4. The van der Waals surface area contributed by atoms with Crippen molar-refractivity contribution in [2.24, 2.45) is 0 Å². The van der Waals surface area contributed by atoms with Crippen molar-refractivity contribution in [1.29, 1.82) is 0 Å². The number of nitrogens with zero attached hydrogens (tertiary/aromatic N) is 4. The fourth-order valence-electron chi connectivity index (χ4n) is 3.43. The molecular weight excluding hydrogens is 366 g/mol. The third kappa shape index (κ3) is 3.00. The van der Waals surface area contributed by atoms with Crippen LogP contribution >= 0.6 is 0 Å². The average Bonchev–Trinajstić information content (AvgIpc) is 3.18. The van der Waals surface area contributed by atoms with Crippen LogP contribution in [0.4, 0.5) is 11.6 Å². The van der Waals surface area contributed by atoms with Gasteiger partial charge in [-0.1, -0.05) is 19.0 Å². The molecule has 0 fully saturated rings. The summed E-state index contributed by atoms with van der Waals surface area (Å²) in [6, 6.07) is 13.6. The van der Waals surface area contributed by atoms with Crippen LogP contribution in [0.2, 0.25) is 0 Å². The van der Waals surface area contributed by atoms with Crippen LogP contribution in [0, 0.1) is 0 Å². The number of aromatic nitrogens is 4. The first-order chi connectivity index (χ1) is 14.1. The van der Waals surface area contributed by atoms with E-state index in [4.69, 9.17) is 14.2 Å². The number of benzene rings is 2. The van der Waals surface area contributed by atoms with E-state index < -0.39 is 0 Å². The number of ether oxygens (including phenoxy) is 1. The Bertz CT molecular complexity index is 1360. The van der Waals surface area contributed by atoms with Crippen molar-refractivity contribution in [3.63, 3.8) is 0 Å². The quantitative estimate of drug-likeness (QED) is 0.455. The molecule has 0 bridgehead atoms. The van der Waals surface area contributed by atoms with Gasteiger partial charge in [0.15, 0.2) is 5.58 Å². The molecule has 0 atom stereocenters. The summed E-state index contributed by atoms with van der Waals surface area (Å²) < 4.78 is 10.7. The van der Waals surface area contributed by atoms with Crippen molar-refractivity contribution in [1.82, 2.24) is 20.1 Å². The molecule has 0 unspecified atom stereocenters. The topological polar surface area (TPSA) is 86.0 Å². The van der Waals surface area contributed by atoms with Crippen LogP contribution in [0.5, 0.6) is 5.88 Å². The lowest BCUT2D eigenvalue weighted by atomic mass is 10.0. The normalized spacial score (nSPS) is 11.6. The Balaban J connectivity index is 1.57. The molecule has 0 aliphatic carbocycles. The molecule has 0 radical (unpaired) electrons. The lowest BCUT2D eigenvalue weighted by Crippen LogP contribution is -1.98. The van der Waals surface area contributed by atoms with E-state index in [1.807, 2.05) is 48.7 Å². The lowest BCUT2D eigenvalue weighted by molar-refractivity contribution is 0.399. The first-order valence-electron chi connectivity index (χ1n) is 9.39. The van der Waals surface area contributed by atoms with Crippen LogP contribution < -0.4 is 10.1 Å². The summed E-state index contributed by atoms with van der Waals surface area (Å²) >= 11 is 0. The van der Waals surface area contributed by atoms with Crippen molar-refractivity contribution < 1.29 is 9.26 Å². The second-order valence-electron chi connectivity index (χ2n) is 7.18. The molecule has 2 aromatic carbocycles. The largest absolute Gasteiger partial charge is 0.481 e. The van der Waals surface area contributed by atoms with Crippen LogP contribution in [-0.4, -0.2) is 27.2 Å². The Morgan fingerprint density at radius 1 is 1.00 bits per heavy atom. The van der Waals surface area contributed by atoms with E-state index in [1.54, 1.807) is 7.11 Å². The van der Waals surface area contributed by atoms with Gasteiger partial charge in [0, 0.05) is 28.7 Å². The highest BCUT2D eigenvalue weighted by Gasteiger charge is 2.16. The van der Waals surface area contributed by atoms with Crippen molar-refractivity contribution in [2.45, 2.75) is 19.8 Å². The number of rotatable bonds is 4. The minimum atomic E-state index is 0.234. The first kappa shape index (κ1) is 17.4. The number of nitrogens with one attached hydrogen (secondary N) is 1. The summed E-state index contributed by atoms with van der Waals surface area (Å²) in [6.07, 6.45) is 1.81. The average molecular weight is 385 g/mol. The minimum absolute atomic E-state index is 0.234. The number of pyridine rings is 1. The van der Waals surface area contributed by atoms with E-state index in [1.165, 1.54) is 0 Å². The summed E-state index contributed by atoms with van der Waals surface area (Å²) in [5.74, 6) is 1.34. The standard InChI is InChI=1S/C22H19N5O2/c1-12(2)20-19-17(29-27-20)8-4-14-11-23-22(26-21(14)19)24-15-6-7-16-13(10-15)5-9-18(25-16)28-3/h4-12H,1-3H3,(H,23,24,26). The highest BCUT2D eigenvalue weighted by Crippen LogP contribution is 2.31. The molecule has 5 rings (SSSR count). The maximum Gasteiger partial charge on any atom is 0.227 e. The number of anilines is 2. The molecular formula is C22H19N5O2. The Labute approximate surface area is 166 Å². The predicted octanol–water partition coefficient (Wildman–Crippen LogP) is 5.19. The second-order valence-corrected chi connectivity index (χ2v) is 7.18. The molecule has 3 heterocycles. The zero-order chi connectivity index (χ0) is 20.0. The van der Waals surface area contributed by atoms with Gasteiger partial charge >= 0.3 is 0 Å². The maximum atomic E-state index is 5.50. The maximum absolute atomic E-state index is 5.50. The van der Waals surface area contributed by atoms with Gasteiger partial charge in [-0.05, 0) is 42.3 Å². The molecule has 29 heavy (non-hydrogen) atoms. The van der Waals surface area contributed by atoms with Gasteiger partial charge in [0.25, 0.3) is 0 Å². The molecule has 7 heteroatoms. The van der Waals surface area contributed by atoms with Gasteiger partial charge in [-0.3, -0.25) is 0 Å². The predicted molar refractivity (Wildman–Crippen MR) is 113 cm³/mol. The molecule has 0 amide bonds. The molecule has 0 spiro atoms. The molecule has 0 saturated carbocycles. The van der Waals surface area contributed by atoms with Gasteiger partial charge in [0.05, 0.1) is 29.2 Å². The van der Waals surface area contributed by atoms with Crippen LogP contribution in [0.1, 0.15) is 25.5 Å². The van der Waals surface area contributed by atoms with Gasteiger partial charge in [-0.2, -0.15) is 0 Å². The van der Waals surface area contributed by atoms with E-state index in [9.17, 15) is 0 Å².